The highest BCUT2D eigenvalue weighted by molar-refractivity contribution is 5.83. The summed E-state index contributed by atoms with van der Waals surface area (Å²) in [5, 5.41) is 0. The molecule has 1 saturated heterocycles. The van der Waals surface area contributed by atoms with E-state index < -0.39 is 0 Å². The Hall–Kier alpha value is -1.88. The van der Waals surface area contributed by atoms with Crippen LogP contribution in [0.2, 0.25) is 0 Å². The molecule has 0 radical (unpaired) electrons. The molecule has 0 atom stereocenters. The first kappa shape index (κ1) is 19.4. The second-order valence-corrected chi connectivity index (χ2v) is 6.80. The maximum atomic E-state index is 12.5. The Morgan fingerprint density at radius 2 is 1.88 bits per heavy atom. The molecule has 1 aromatic carbocycles. The Morgan fingerprint density at radius 1 is 1.20 bits per heavy atom. The summed E-state index contributed by atoms with van der Waals surface area (Å²) in [5.41, 5.74) is 1.37. The smallest absolute Gasteiger partial charge is 0.242 e. The third-order valence-electron chi connectivity index (χ3n) is 4.88. The van der Waals surface area contributed by atoms with Crippen molar-refractivity contribution < 1.29 is 14.3 Å². The Balaban J connectivity index is 1.76. The largest absolute Gasteiger partial charge is 0.385 e. The van der Waals surface area contributed by atoms with Gasteiger partial charge in [-0.2, -0.15) is 0 Å². The summed E-state index contributed by atoms with van der Waals surface area (Å²) in [6.07, 6.45) is 3.90. The monoisotopic (exact) mass is 346 g/mol. The normalized spacial score (nSPS) is 15.2. The first-order valence-corrected chi connectivity index (χ1v) is 9.16. The fraction of sp³-hybridized carbons (Fsp3) is 0.600. The van der Waals surface area contributed by atoms with Crippen LogP contribution >= 0.6 is 0 Å². The molecular weight excluding hydrogens is 316 g/mol. The maximum Gasteiger partial charge on any atom is 0.242 e. The van der Waals surface area contributed by atoms with E-state index >= 15 is 0 Å². The second kappa shape index (κ2) is 10.2. The zero-order chi connectivity index (χ0) is 18.1. The molecule has 0 spiro atoms. The molecular formula is C20H30N2O3. The molecule has 0 saturated carbocycles. The molecule has 0 N–H and O–H groups in total. The molecule has 5 nitrogen and oxygen atoms in total. The van der Waals surface area contributed by atoms with Crippen LogP contribution in [0.25, 0.3) is 0 Å². The summed E-state index contributed by atoms with van der Waals surface area (Å²) in [7, 11) is 1.64. The van der Waals surface area contributed by atoms with Crippen molar-refractivity contribution in [3.8, 4) is 0 Å². The van der Waals surface area contributed by atoms with Gasteiger partial charge in [0.05, 0.1) is 6.54 Å². The minimum Gasteiger partial charge on any atom is -0.385 e. The van der Waals surface area contributed by atoms with Crippen LogP contribution in [0, 0.1) is 5.92 Å². The molecule has 2 amide bonds. The molecule has 25 heavy (non-hydrogen) atoms. The molecule has 1 fully saturated rings. The van der Waals surface area contributed by atoms with E-state index in [4.69, 9.17) is 4.74 Å². The number of hydrogen-bond donors (Lipinski definition) is 0. The summed E-state index contributed by atoms with van der Waals surface area (Å²) in [6.45, 7) is 4.46. The van der Waals surface area contributed by atoms with Gasteiger partial charge in [-0.15, -0.1) is 0 Å². The minimum atomic E-state index is -0.0524. The fourth-order valence-electron chi connectivity index (χ4n) is 3.34. The van der Waals surface area contributed by atoms with Gasteiger partial charge in [0, 0.05) is 40.3 Å². The number of likely N-dealkylation sites (tertiary alicyclic amines) is 1. The zero-order valence-corrected chi connectivity index (χ0v) is 15.4. The highest BCUT2D eigenvalue weighted by atomic mass is 16.5. The van der Waals surface area contributed by atoms with Crippen molar-refractivity contribution in [2.24, 2.45) is 5.92 Å². The number of ether oxygens (including phenoxy) is 1. The van der Waals surface area contributed by atoms with Crippen LogP contribution in [0.1, 0.15) is 31.7 Å². The van der Waals surface area contributed by atoms with Crippen molar-refractivity contribution in [1.82, 2.24) is 9.80 Å². The standard InChI is InChI=1S/C20H30N2O3/c1-17(23)22(11-6-14-25-2)16-20(24)21-12-9-19(10-13-21)15-18-7-4-3-5-8-18/h3-5,7-8,19H,6,9-16H2,1-2H3. The Kier molecular flexibility index (Phi) is 7.92. The summed E-state index contributed by atoms with van der Waals surface area (Å²) in [4.78, 5) is 27.8. The average molecular weight is 346 g/mol. The molecule has 138 valence electrons. The molecule has 0 bridgehead atoms. The summed E-state index contributed by atoms with van der Waals surface area (Å²) in [6, 6.07) is 10.5. The van der Waals surface area contributed by atoms with Gasteiger partial charge >= 0.3 is 0 Å². The first-order valence-electron chi connectivity index (χ1n) is 9.16. The summed E-state index contributed by atoms with van der Waals surface area (Å²) in [5.74, 6) is 0.645. The predicted molar refractivity (Wildman–Crippen MR) is 98.2 cm³/mol. The Labute approximate surface area is 150 Å². The van der Waals surface area contributed by atoms with Gasteiger partial charge in [0.15, 0.2) is 0 Å². The predicted octanol–water partition coefficient (Wildman–Crippen LogP) is 2.35. The van der Waals surface area contributed by atoms with Gasteiger partial charge in [-0.05, 0) is 37.2 Å². The van der Waals surface area contributed by atoms with E-state index in [-0.39, 0.29) is 18.4 Å². The number of benzene rings is 1. The Morgan fingerprint density at radius 3 is 2.48 bits per heavy atom. The van der Waals surface area contributed by atoms with E-state index in [1.165, 1.54) is 12.5 Å². The van der Waals surface area contributed by atoms with Crippen molar-refractivity contribution in [3.63, 3.8) is 0 Å². The van der Waals surface area contributed by atoms with Crippen molar-refractivity contribution in [2.75, 3.05) is 39.9 Å². The lowest BCUT2D eigenvalue weighted by atomic mass is 9.90. The van der Waals surface area contributed by atoms with Gasteiger partial charge in [0.2, 0.25) is 11.8 Å². The van der Waals surface area contributed by atoms with Gasteiger partial charge in [-0.25, -0.2) is 0 Å². The number of hydrogen-bond acceptors (Lipinski definition) is 3. The van der Waals surface area contributed by atoms with Crippen LogP contribution in [0.3, 0.4) is 0 Å². The topological polar surface area (TPSA) is 49.9 Å². The molecule has 1 aliphatic heterocycles. The van der Waals surface area contributed by atoms with E-state index in [2.05, 4.69) is 24.3 Å². The van der Waals surface area contributed by atoms with E-state index in [0.29, 0.717) is 19.1 Å². The Bertz CT molecular complexity index is 539. The number of carbonyl (C=O) groups excluding carboxylic acids is 2. The number of methoxy groups -OCH3 is 1. The number of carbonyl (C=O) groups is 2. The third-order valence-corrected chi connectivity index (χ3v) is 4.88. The fourth-order valence-corrected chi connectivity index (χ4v) is 3.34. The van der Waals surface area contributed by atoms with Gasteiger partial charge in [-0.3, -0.25) is 9.59 Å². The van der Waals surface area contributed by atoms with E-state index in [0.717, 1.165) is 38.8 Å². The van der Waals surface area contributed by atoms with Gasteiger partial charge < -0.3 is 14.5 Å². The van der Waals surface area contributed by atoms with Gasteiger partial charge in [0.1, 0.15) is 0 Å². The SMILES string of the molecule is COCCCN(CC(=O)N1CCC(Cc2ccccc2)CC1)C(C)=O. The molecule has 1 aromatic rings. The molecule has 0 unspecified atom stereocenters. The summed E-state index contributed by atoms with van der Waals surface area (Å²) < 4.78 is 5.02. The van der Waals surface area contributed by atoms with Crippen LogP contribution in [0.15, 0.2) is 30.3 Å². The van der Waals surface area contributed by atoms with Crippen molar-refractivity contribution in [1.29, 1.82) is 0 Å². The van der Waals surface area contributed by atoms with Crippen LogP contribution in [-0.4, -0.2) is 61.5 Å². The lowest BCUT2D eigenvalue weighted by Gasteiger charge is -2.33. The average Bonchev–Trinajstić information content (AvgIpc) is 2.62. The van der Waals surface area contributed by atoms with E-state index in [1.54, 1.807) is 12.0 Å². The second-order valence-electron chi connectivity index (χ2n) is 6.80. The number of amides is 2. The van der Waals surface area contributed by atoms with Gasteiger partial charge in [0.25, 0.3) is 0 Å². The third kappa shape index (κ3) is 6.50. The van der Waals surface area contributed by atoms with E-state index in [1.807, 2.05) is 11.0 Å². The first-order chi connectivity index (χ1) is 12.1. The zero-order valence-electron chi connectivity index (χ0n) is 15.4. The van der Waals surface area contributed by atoms with Crippen molar-refractivity contribution >= 4 is 11.8 Å². The van der Waals surface area contributed by atoms with Crippen LogP contribution in [0.4, 0.5) is 0 Å². The van der Waals surface area contributed by atoms with Crippen molar-refractivity contribution in [3.05, 3.63) is 35.9 Å². The molecule has 2 rings (SSSR count). The molecule has 0 aromatic heterocycles. The quantitative estimate of drug-likeness (QED) is 0.679. The van der Waals surface area contributed by atoms with Crippen molar-refractivity contribution in [2.45, 2.75) is 32.6 Å². The van der Waals surface area contributed by atoms with E-state index in [9.17, 15) is 9.59 Å². The van der Waals surface area contributed by atoms with Crippen LogP contribution < -0.4 is 0 Å². The van der Waals surface area contributed by atoms with Gasteiger partial charge in [-0.1, -0.05) is 30.3 Å². The lowest BCUT2D eigenvalue weighted by Crippen LogP contribution is -2.45. The number of nitrogens with zero attached hydrogens (tertiary/aromatic N) is 2. The minimum absolute atomic E-state index is 0.0524. The molecule has 5 heteroatoms. The summed E-state index contributed by atoms with van der Waals surface area (Å²) >= 11 is 0. The highest BCUT2D eigenvalue weighted by Gasteiger charge is 2.24. The maximum absolute atomic E-state index is 12.5. The number of rotatable bonds is 8. The number of piperidine rings is 1. The lowest BCUT2D eigenvalue weighted by molar-refractivity contribution is -0.140. The van der Waals surface area contributed by atoms with Crippen LogP contribution in [-0.2, 0) is 20.7 Å². The molecule has 1 aliphatic rings. The molecule has 1 heterocycles. The van der Waals surface area contributed by atoms with Crippen LogP contribution in [0.5, 0.6) is 0 Å². The molecule has 0 aliphatic carbocycles. The highest BCUT2D eigenvalue weighted by Crippen LogP contribution is 2.21.